The summed E-state index contributed by atoms with van der Waals surface area (Å²) in [6.45, 7) is 2.44. The fraction of sp³-hybridized carbons (Fsp3) is 0.364. The number of hydrogen-bond acceptors (Lipinski definition) is 5. The molecule has 0 aliphatic rings. The molecule has 0 radical (unpaired) electrons. The minimum Gasteiger partial charge on any atom is -0.481 e. The lowest BCUT2D eigenvalue weighted by Gasteiger charge is -2.05. The van der Waals surface area contributed by atoms with Gasteiger partial charge < -0.3 is 10.1 Å². The van der Waals surface area contributed by atoms with E-state index in [1.165, 1.54) is 0 Å². The van der Waals surface area contributed by atoms with E-state index in [0.29, 0.717) is 5.88 Å². The zero-order valence-corrected chi connectivity index (χ0v) is 9.71. The van der Waals surface area contributed by atoms with Crippen LogP contribution in [0.2, 0.25) is 0 Å². The molecule has 0 aliphatic carbocycles. The van der Waals surface area contributed by atoms with E-state index < -0.39 is 0 Å². The van der Waals surface area contributed by atoms with Gasteiger partial charge in [0.2, 0.25) is 5.88 Å². The molecule has 0 amide bonds. The Morgan fingerprint density at radius 2 is 2.35 bits per heavy atom. The van der Waals surface area contributed by atoms with Gasteiger partial charge >= 0.3 is 0 Å². The number of nitrogens with zero attached hydrogens (tertiary/aromatic N) is 4. The van der Waals surface area contributed by atoms with Crippen LogP contribution in [0.25, 0.3) is 0 Å². The van der Waals surface area contributed by atoms with Gasteiger partial charge in [0.15, 0.2) is 0 Å². The van der Waals surface area contributed by atoms with Gasteiger partial charge in [-0.05, 0) is 5.56 Å². The standard InChI is InChI=1S/C11H15N5O/c1-17-11-3-2-10(9-13-11)8-12-4-6-16-7-5-14-15-16/h2-3,5,7,9,12H,4,6,8H2,1H3. The smallest absolute Gasteiger partial charge is 0.212 e. The Labute approximate surface area is 99.6 Å². The number of hydrogen-bond donors (Lipinski definition) is 1. The molecule has 0 fully saturated rings. The summed E-state index contributed by atoms with van der Waals surface area (Å²) in [5.41, 5.74) is 1.13. The highest BCUT2D eigenvalue weighted by Gasteiger charge is 1.96. The Kier molecular flexibility index (Phi) is 4.04. The summed E-state index contributed by atoms with van der Waals surface area (Å²) in [4.78, 5) is 4.14. The maximum absolute atomic E-state index is 4.99. The van der Waals surface area contributed by atoms with Crippen LogP contribution in [0.5, 0.6) is 5.88 Å². The topological polar surface area (TPSA) is 64.9 Å². The van der Waals surface area contributed by atoms with Crippen molar-refractivity contribution in [1.29, 1.82) is 0 Å². The van der Waals surface area contributed by atoms with Crippen LogP contribution in [0.4, 0.5) is 0 Å². The van der Waals surface area contributed by atoms with Crippen molar-refractivity contribution in [2.24, 2.45) is 0 Å². The van der Waals surface area contributed by atoms with Crippen molar-refractivity contribution in [3.05, 3.63) is 36.3 Å². The zero-order chi connectivity index (χ0) is 11.9. The highest BCUT2D eigenvalue weighted by atomic mass is 16.5. The van der Waals surface area contributed by atoms with Gasteiger partial charge in [-0.3, -0.25) is 4.68 Å². The monoisotopic (exact) mass is 233 g/mol. The lowest BCUT2D eigenvalue weighted by Crippen LogP contribution is -2.19. The van der Waals surface area contributed by atoms with Crippen LogP contribution in [0, 0.1) is 0 Å². The van der Waals surface area contributed by atoms with Crippen molar-refractivity contribution in [3.63, 3.8) is 0 Å². The summed E-state index contributed by atoms with van der Waals surface area (Å²) in [5.74, 6) is 0.636. The number of ether oxygens (including phenoxy) is 1. The molecule has 6 nitrogen and oxygen atoms in total. The predicted octanol–water partition coefficient (Wildman–Crippen LogP) is 0.471. The number of nitrogens with one attached hydrogen (secondary N) is 1. The Balaban J connectivity index is 1.70. The molecule has 0 atom stereocenters. The third-order valence-corrected chi connectivity index (χ3v) is 2.33. The molecule has 2 aromatic rings. The molecule has 0 bridgehead atoms. The fourth-order valence-electron chi connectivity index (χ4n) is 1.41. The van der Waals surface area contributed by atoms with Gasteiger partial charge in [-0.2, -0.15) is 0 Å². The van der Waals surface area contributed by atoms with Crippen LogP contribution in [0.15, 0.2) is 30.7 Å². The van der Waals surface area contributed by atoms with Gasteiger partial charge in [-0.15, -0.1) is 5.10 Å². The summed E-state index contributed by atoms with van der Waals surface area (Å²) in [6.07, 6.45) is 5.32. The van der Waals surface area contributed by atoms with Crippen molar-refractivity contribution in [1.82, 2.24) is 25.3 Å². The number of rotatable bonds is 6. The number of aromatic nitrogens is 4. The molecular formula is C11H15N5O. The normalized spacial score (nSPS) is 10.4. The molecule has 0 saturated carbocycles. The fourth-order valence-corrected chi connectivity index (χ4v) is 1.41. The molecule has 0 aromatic carbocycles. The molecule has 2 heterocycles. The van der Waals surface area contributed by atoms with Crippen LogP contribution in [-0.4, -0.2) is 33.6 Å². The second-order valence-corrected chi connectivity index (χ2v) is 3.55. The molecular weight excluding hydrogens is 218 g/mol. The van der Waals surface area contributed by atoms with Crippen LogP contribution in [0.1, 0.15) is 5.56 Å². The van der Waals surface area contributed by atoms with E-state index in [-0.39, 0.29) is 0 Å². The molecule has 2 aromatic heterocycles. The molecule has 1 N–H and O–H groups in total. The van der Waals surface area contributed by atoms with Gasteiger partial charge in [0.25, 0.3) is 0 Å². The van der Waals surface area contributed by atoms with E-state index in [2.05, 4.69) is 20.6 Å². The van der Waals surface area contributed by atoms with Crippen molar-refractivity contribution >= 4 is 0 Å². The Morgan fingerprint density at radius 3 is 3.00 bits per heavy atom. The Hall–Kier alpha value is -1.95. The van der Waals surface area contributed by atoms with E-state index >= 15 is 0 Å². The highest BCUT2D eigenvalue weighted by Crippen LogP contribution is 2.05. The maximum Gasteiger partial charge on any atom is 0.212 e. The van der Waals surface area contributed by atoms with Gasteiger partial charge in [0, 0.05) is 31.5 Å². The van der Waals surface area contributed by atoms with Gasteiger partial charge in [-0.25, -0.2) is 4.98 Å². The van der Waals surface area contributed by atoms with Crippen molar-refractivity contribution in [2.45, 2.75) is 13.1 Å². The van der Waals surface area contributed by atoms with Gasteiger partial charge in [0.05, 0.1) is 19.9 Å². The summed E-state index contributed by atoms with van der Waals surface area (Å²) in [7, 11) is 1.61. The Bertz CT molecular complexity index is 426. The quantitative estimate of drug-likeness (QED) is 0.735. The maximum atomic E-state index is 4.99. The minimum atomic E-state index is 0.636. The molecule has 2 rings (SSSR count). The summed E-state index contributed by atoms with van der Waals surface area (Å²) < 4.78 is 6.78. The zero-order valence-electron chi connectivity index (χ0n) is 9.71. The number of pyridine rings is 1. The lowest BCUT2D eigenvalue weighted by atomic mass is 10.3. The molecule has 6 heteroatoms. The molecule has 0 spiro atoms. The van der Waals surface area contributed by atoms with E-state index in [4.69, 9.17) is 4.74 Å². The third kappa shape index (κ3) is 3.53. The van der Waals surface area contributed by atoms with E-state index in [1.807, 2.05) is 18.3 Å². The molecule has 0 unspecified atom stereocenters. The minimum absolute atomic E-state index is 0.636. The first-order valence-electron chi connectivity index (χ1n) is 5.42. The predicted molar refractivity (Wildman–Crippen MR) is 62.5 cm³/mol. The second kappa shape index (κ2) is 5.95. The summed E-state index contributed by atoms with van der Waals surface area (Å²) in [5, 5.41) is 10.9. The average molecular weight is 233 g/mol. The largest absolute Gasteiger partial charge is 0.481 e. The van der Waals surface area contributed by atoms with Crippen LogP contribution in [0.3, 0.4) is 0 Å². The van der Waals surface area contributed by atoms with Crippen LogP contribution < -0.4 is 10.1 Å². The summed E-state index contributed by atoms with van der Waals surface area (Å²) >= 11 is 0. The molecule has 0 aliphatic heterocycles. The lowest BCUT2D eigenvalue weighted by molar-refractivity contribution is 0.397. The molecule has 17 heavy (non-hydrogen) atoms. The van der Waals surface area contributed by atoms with Gasteiger partial charge in [-0.1, -0.05) is 11.3 Å². The van der Waals surface area contributed by atoms with Crippen LogP contribution >= 0.6 is 0 Å². The van der Waals surface area contributed by atoms with Crippen molar-refractivity contribution in [2.75, 3.05) is 13.7 Å². The summed E-state index contributed by atoms with van der Waals surface area (Å²) in [6, 6.07) is 3.85. The van der Waals surface area contributed by atoms with Crippen LogP contribution in [-0.2, 0) is 13.1 Å². The Morgan fingerprint density at radius 1 is 1.41 bits per heavy atom. The van der Waals surface area contributed by atoms with Crippen molar-refractivity contribution < 1.29 is 4.74 Å². The van der Waals surface area contributed by atoms with E-state index in [9.17, 15) is 0 Å². The highest BCUT2D eigenvalue weighted by molar-refractivity contribution is 5.17. The third-order valence-electron chi connectivity index (χ3n) is 2.33. The first-order chi connectivity index (χ1) is 8.38. The van der Waals surface area contributed by atoms with Gasteiger partial charge in [0.1, 0.15) is 0 Å². The molecule has 90 valence electrons. The number of methoxy groups -OCH3 is 1. The van der Waals surface area contributed by atoms with E-state index in [0.717, 1.165) is 25.2 Å². The van der Waals surface area contributed by atoms with E-state index in [1.54, 1.807) is 24.2 Å². The first kappa shape index (κ1) is 11.5. The second-order valence-electron chi connectivity index (χ2n) is 3.55. The average Bonchev–Trinajstić information content (AvgIpc) is 2.88. The SMILES string of the molecule is COc1ccc(CNCCn2ccnn2)cn1. The van der Waals surface area contributed by atoms with Crippen molar-refractivity contribution in [3.8, 4) is 5.88 Å². The first-order valence-corrected chi connectivity index (χ1v) is 5.42. The molecule has 0 saturated heterocycles.